The van der Waals surface area contributed by atoms with Crippen molar-refractivity contribution in [1.82, 2.24) is 5.32 Å². The van der Waals surface area contributed by atoms with Crippen LogP contribution in [-0.2, 0) is 6.42 Å². The zero-order valence-corrected chi connectivity index (χ0v) is 14.1. The minimum Gasteiger partial charge on any atom is -0.389 e. The van der Waals surface area contributed by atoms with Gasteiger partial charge < -0.3 is 10.4 Å². The lowest BCUT2D eigenvalue weighted by molar-refractivity contribution is 0.0293. The van der Waals surface area contributed by atoms with Crippen LogP contribution in [0.15, 0.2) is 6.07 Å². The van der Waals surface area contributed by atoms with Gasteiger partial charge in [-0.25, -0.2) is 0 Å². The summed E-state index contributed by atoms with van der Waals surface area (Å²) in [5.41, 5.74) is 0.936. The summed E-state index contributed by atoms with van der Waals surface area (Å²) in [6.07, 6.45) is 5.32. The average molecular weight is 379 g/mol. The summed E-state index contributed by atoms with van der Waals surface area (Å²) < 4.78 is 1.38. The van der Waals surface area contributed by atoms with Gasteiger partial charge in [0.25, 0.3) is 0 Å². The van der Waals surface area contributed by atoms with E-state index in [9.17, 15) is 5.11 Å². The highest BCUT2D eigenvalue weighted by molar-refractivity contribution is 14.1. The van der Waals surface area contributed by atoms with Gasteiger partial charge in [-0.1, -0.05) is 13.8 Å². The van der Waals surface area contributed by atoms with Crippen molar-refractivity contribution >= 4 is 33.9 Å². The summed E-state index contributed by atoms with van der Waals surface area (Å²) in [5.74, 6) is 0. The average Bonchev–Trinajstić information content (AvgIpc) is 2.76. The summed E-state index contributed by atoms with van der Waals surface area (Å²) in [4.78, 5) is 1.54. The lowest BCUT2D eigenvalue weighted by Gasteiger charge is -2.30. The maximum absolute atomic E-state index is 10.4. The smallest absolute Gasteiger partial charge is 0.0766 e. The molecule has 0 aromatic carbocycles. The lowest BCUT2D eigenvalue weighted by atomic mass is 9.92. The van der Waals surface area contributed by atoms with Crippen molar-refractivity contribution in [3.8, 4) is 0 Å². The Kier molecular flexibility index (Phi) is 5.08. The van der Waals surface area contributed by atoms with E-state index in [0.29, 0.717) is 12.6 Å². The zero-order valence-electron chi connectivity index (χ0n) is 11.1. The quantitative estimate of drug-likeness (QED) is 0.762. The fourth-order valence-corrected chi connectivity index (χ4v) is 4.67. The molecule has 1 atom stereocenters. The van der Waals surface area contributed by atoms with Crippen molar-refractivity contribution in [2.45, 2.75) is 57.6 Å². The molecule has 2 N–H and O–H groups in total. The zero-order chi connectivity index (χ0) is 13.2. The molecule has 0 spiro atoms. The third-order valence-electron chi connectivity index (χ3n) is 4.08. The van der Waals surface area contributed by atoms with Crippen LogP contribution in [0.5, 0.6) is 0 Å². The van der Waals surface area contributed by atoms with Gasteiger partial charge in [-0.05, 0) is 66.3 Å². The molecule has 4 heteroatoms. The van der Waals surface area contributed by atoms with E-state index in [4.69, 9.17) is 0 Å². The maximum Gasteiger partial charge on any atom is 0.0766 e. The Hall–Kier alpha value is 0.350. The number of halogens is 1. The van der Waals surface area contributed by atoms with Crippen molar-refractivity contribution in [1.29, 1.82) is 0 Å². The predicted octanol–water partition coefficient (Wildman–Crippen LogP) is 3.87. The Morgan fingerprint density at radius 1 is 1.50 bits per heavy atom. The second kappa shape index (κ2) is 6.20. The summed E-state index contributed by atoms with van der Waals surface area (Å²) in [7, 11) is 0. The highest BCUT2D eigenvalue weighted by Gasteiger charge is 2.27. The normalized spacial score (nSPS) is 19.9. The van der Waals surface area contributed by atoms with E-state index in [-0.39, 0.29) is 0 Å². The Bertz CT molecular complexity index is 400. The molecule has 0 saturated carbocycles. The Morgan fingerprint density at radius 2 is 2.22 bits per heavy atom. The fourth-order valence-electron chi connectivity index (χ4n) is 2.55. The van der Waals surface area contributed by atoms with E-state index in [1.807, 2.05) is 11.3 Å². The van der Waals surface area contributed by atoms with Crippen LogP contribution in [0, 0.1) is 2.88 Å². The molecule has 2 nitrogen and oxygen atoms in total. The van der Waals surface area contributed by atoms with Gasteiger partial charge in [0.15, 0.2) is 0 Å². The molecular formula is C14H22INOS. The molecule has 1 heterocycles. The first-order valence-electron chi connectivity index (χ1n) is 6.82. The molecule has 0 bridgehead atoms. The predicted molar refractivity (Wildman–Crippen MR) is 86.2 cm³/mol. The molecule has 0 radical (unpaired) electrons. The molecule has 0 aliphatic heterocycles. The molecular weight excluding hydrogens is 357 g/mol. The molecule has 1 aromatic rings. The summed E-state index contributed by atoms with van der Waals surface area (Å²) >= 11 is 4.33. The molecule has 0 fully saturated rings. The van der Waals surface area contributed by atoms with Gasteiger partial charge in [0.05, 0.1) is 8.48 Å². The Morgan fingerprint density at radius 3 is 2.89 bits per heavy atom. The van der Waals surface area contributed by atoms with Gasteiger partial charge in [-0.15, -0.1) is 11.3 Å². The number of rotatable bonds is 5. The molecule has 1 unspecified atom stereocenters. The summed E-state index contributed by atoms with van der Waals surface area (Å²) in [6.45, 7) is 4.83. The third-order valence-corrected chi connectivity index (χ3v) is 6.05. The van der Waals surface area contributed by atoms with Crippen LogP contribution in [0.3, 0.4) is 0 Å². The highest BCUT2D eigenvalue weighted by atomic mass is 127. The molecule has 1 aliphatic carbocycles. The van der Waals surface area contributed by atoms with Gasteiger partial charge in [0.1, 0.15) is 0 Å². The molecule has 102 valence electrons. The van der Waals surface area contributed by atoms with E-state index < -0.39 is 5.60 Å². The standard InChI is InChI=1S/C14H22INOS/c1-3-14(17,4-2)9-16-11-6-5-7-12-10(11)8-13(15)18-12/h8,11,16-17H,3-7,9H2,1-2H3. The number of fused-ring (bicyclic) bond motifs is 1. The Labute approximate surface area is 127 Å². The fraction of sp³-hybridized carbons (Fsp3) is 0.714. The number of nitrogens with one attached hydrogen (secondary N) is 1. The van der Waals surface area contributed by atoms with E-state index in [1.165, 1.54) is 27.7 Å². The number of hydrogen-bond donors (Lipinski definition) is 2. The maximum atomic E-state index is 10.4. The largest absolute Gasteiger partial charge is 0.389 e. The van der Waals surface area contributed by atoms with Crippen LogP contribution in [0.4, 0.5) is 0 Å². The Balaban J connectivity index is 2.03. The van der Waals surface area contributed by atoms with E-state index >= 15 is 0 Å². The lowest BCUT2D eigenvalue weighted by Crippen LogP contribution is -2.41. The second-order valence-electron chi connectivity index (χ2n) is 5.19. The first kappa shape index (κ1) is 14.8. The SMILES string of the molecule is CCC(O)(CC)CNC1CCCc2sc(I)cc21. The minimum atomic E-state index is -0.541. The topological polar surface area (TPSA) is 32.3 Å². The van der Waals surface area contributed by atoms with Crippen molar-refractivity contribution in [2.75, 3.05) is 6.54 Å². The third kappa shape index (κ3) is 3.26. The first-order chi connectivity index (χ1) is 8.58. The van der Waals surface area contributed by atoms with E-state index in [1.54, 1.807) is 4.88 Å². The van der Waals surface area contributed by atoms with Gasteiger partial charge in [-0.3, -0.25) is 0 Å². The van der Waals surface area contributed by atoms with Gasteiger partial charge in [0.2, 0.25) is 0 Å². The number of aryl methyl sites for hydroxylation is 1. The molecule has 0 amide bonds. The van der Waals surface area contributed by atoms with Gasteiger partial charge in [0, 0.05) is 17.5 Å². The van der Waals surface area contributed by atoms with Crippen molar-refractivity contribution < 1.29 is 5.11 Å². The van der Waals surface area contributed by atoms with Gasteiger partial charge >= 0.3 is 0 Å². The minimum absolute atomic E-state index is 0.443. The van der Waals surface area contributed by atoms with Crippen molar-refractivity contribution in [3.63, 3.8) is 0 Å². The highest BCUT2D eigenvalue weighted by Crippen LogP contribution is 2.36. The molecule has 1 aromatic heterocycles. The molecule has 18 heavy (non-hydrogen) atoms. The van der Waals surface area contributed by atoms with Crippen LogP contribution in [-0.4, -0.2) is 17.3 Å². The molecule has 2 rings (SSSR count). The van der Waals surface area contributed by atoms with Crippen molar-refractivity contribution in [3.05, 3.63) is 19.4 Å². The second-order valence-corrected chi connectivity index (χ2v) is 8.22. The van der Waals surface area contributed by atoms with Crippen LogP contribution in [0.2, 0.25) is 0 Å². The van der Waals surface area contributed by atoms with Crippen molar-refractivity contribution in [2.24, 2.45) is 0 Å². The summed E-state index contributed by atoms with van der Waals surface area (Å²) in [6, 6.07) is 2.76. The van der Waals surface area contributed by atoms with E-state index in [2.05, 4.69) is 47.8 Å². The summed E-state index contributed by atoms with van der Waals surface area (Å²) in [5, 5.41) is 13.9. The molecule has 0 saturated heterocycles. The number of aliphatic hydroxyl groups is 1. The molecule has 1 aliphatic rings. The van der Waals surface area contributed by atoms with Crippen LogP contribution < -0.4 is 5.32 Å². The van der Waals surface area contributed by atoms with Crippen LogP contribution in [0.1, 0.15) is 56.0 Å². The van der Waals surface area contributed by atoms with E-state index in [0.717, 1.165) is 12.8 Å². The number of hydrogen-bond acceptors (Lipinski definition) is 3. The van der Waals surface area contributed by atoms with Crippen LogP contribution >= 0.6 is 33.9 Å². The monoisotopic (exact) mass is 379 g/mol. The number of thiophene rings is 1. The first-order valence-corrected chi connectivity index (χ1v) is 8.71. The van der Waals surface area contributed by atoms with Crippen LogP contribution in [0.25, 0.3) is 0 Å². The van der Waals surface area contributed by atoms with Gasteiger partial charge in [-0.2, -0.15) is 0 Å².